The van der Waals surface area contributed by atoms with Crippen LogP contribution in [-0.2, 0) is 10.2 Å². The van der Waals surface area contributed by atoms with Crippen LogP contribution in [0.15, 0.2) is 0 Å². The van der Waals surface area contributed by atoms with E-state index in [4.69, 9.17) is 0 Å². The highest BCUT2D eigenvalue weighted by Crippen LogP contribution is 2.20. The van der Waals surface area contributed by atoms with Crippen molar-refractivity contribution >= 4 is 10.2 Å². The summed E-state index contributed by atoms with van der Waals surface area (Å²) < 4.78 is 29.9. The second-order valence-electron chi connectivity index (χ2n) is 5.98. The molecule has 126 valence electrons. The van der Waals surface area contributed by atoms with E-state index >= 15 is 0 Å². The molecule has 0 saturated carbocycles. The molecule has 1 rings (SSSR count). The van der Waals surface area contributed by atoms with Crippen molar-refractivity contribution < 1.29 is 8.42 Å². The lowest BCUT2D eigenvalue weighted by Gasteiger charge is -2.35. The lowest BCUT2D eigenvalue weighted by atomic mass is 10.1. The first-order chi connectivity index (χ1) is 10.0. The molecule has 1 aliphatic heterocycles. The molecule has 21 heavy (non-hydrogen) atoms. The van der Waals surface area contributed by atoms with Gasteiger partial charge in [0, 0.05) is 25.2 Å². The van der Waals surface area contributed by atoms with Crippen LogP contribution in [0, 0.1) is 0 Å². The van der Waals surface area contributed by atoms with Crippen LogP contribution in [0.1, 0.15) is 65.7 Å². The van der Waals surface area contributed by atoms with Crippen molar-refractivity contribution in [1.82, 2.24) is 14.3 Å². The molecule has 1 saturated heterocycles. The van der Waals surface area contributed by atoms with Crippen LogP contribution in [0.4, 0.5) is 0 Å². The van der Waals surface area contributed by atoms with Crippen molar-refractivity contribution in [1.29, 1.82) is 0 Å². The van der Waals surface area contributed by atoms with Crippen molar-refractivity contribution in [3.63, 3.8) is 0 Å². The van der Waals surface area contributed by atoms with E-state index < -0.39 is 10.2 Å². The van der Waals surface area contributed by atoms with E-state index in [9.17, 15) is 8.42 Å². The first-order valence-corrected chi connectivity index (χ1v) is 9.98. The van der Waals surface area contributed by atoms with Crippen LogP contribution in [0.5, 0.6) is 0 Å². The van der Waals surface area contributed by atoms with Gasteiger partial charge in [0.05, 0.1) is 0 Å². The molecule has 1 fully saturated rings. The summed E-state index contributed by atoms with van der Waals surface area (Å²) in [7, 11) is -3.36. The Balaban J connectivity index is 2.67. The smallest absolute Gasteiger partial charge is 0.279 e. The van der Waals surface area contributed by atoms with E-state index in [0.29, 0.717) is 6.54 Å². The number of piperidine rings is 1. The van der Waals surface area contributed by atoms with Crippen molar-refractivity contribution in [3.05, 3.63) is 0 Å². The van der Waals surface area contributed by atoms with Crippen LogP contribution in [0.3, 0.4) is 0 Å². The summed E-state index contributed by atoms with van der Waals surface area (Å²) in [5, 5.41) is 3.37. The molecule has 0 spiro atoms. The minimum Gasteiger partial charge on any atom is -0.315 e. The van der Waals surface area contributed by atoms with E-state index in [0.717, 1.165) is 58.0 Å². The normalized spacial score (nSPS) is 22.3. The number of hydrogen-bond donors (Lipinski definition) is 2. The highest BCUT2D eigenvalue weighted by atomic mass is 32.2. The van der Waals surface area contributed by atoms with Gasteiger partial charge < -0.3 is 5.32 Å². The van der Waals surface area contributed by atoms with E-state index in [1.807, 2.05) is 6.92 Å². The fourth-order valence-corrected chi connectivity index (χ4v) is 4.70. The van der Waals surface area contributed by atoms with E-state index in [-0.39, 0.29) is 12.1 Å². The average Bonchev–Trinajstić information content (AvgIpc) is 2.47. The molecule has 0 aromatic heterocycles. The summed E-state index contributed by atoms with van der Waals surface area (Å²) in [6, 6.07) is 0.160. The van der Waals surface area contributed by atoms with Crippen LogP contribution in [-0.4, -0.2) is 44.4 Å². The predicted molar refractivity (Wildman–Crippen MR) is 88.5 cm³/mol. The quantitative estimate of drug-likeness (QED) is 0.607. The van der Waals surface area contributed by atoms with Crippen molar-refractivity contribution in [2.24, 2.45) is 0 Å². The molecule has 1 heterocycles. The monoisotopic (exact) mass is 319 g/mol. The van der Waals surface area contributed by atoms with Gasteiger partial charge in [-0.05, 0) is 38.6 Å². The van der Waals surface area contributed by atoms with Crippen LogP contribution in [0.25, 0.3) is 0 Å². The van der Waals surface area contributed by atoms with Gasteiger partial charge in [0.2, 0.25) is 0 Å². The Morgan fingerprint density at radius 3 is 2.57 bits per heavy atom. The summed E-state index contributed by atoms with van der Waals surface area (Å²) >= 11 is 0. The molecule has 1 aliphatic rings. The fraction of sp³-hybridized carbons (Fsp3) is 1.00. The van der Waals surface area contributed by atoms with Gasteiger partial charge in [-0.25, -0.2) is 0 Å². The van der Waals surface area contributed by atoms with Gasteiger partial charge in [0.25, 0.3) is 10.2 Å². The molecule has 0 bridgehead atoms. The summed E-state index contributed by atoms with van der Waals surface area (Å²) in [6.45, 7) is 8.62. The molecular formula is C15H33N3O2S. The minimum atomic E-state index is -3.36. The molecule has 0 aromatic carbocycles. The maximum Gasteiger partial charge on any atom is 0.279 e. The second-order valence-corrected chi connectivity index (χ2v) is 7.64. The van der Waals surface area contributed by atoms with Crippen molar-refractivity contribution in [3.8, 4) is 0 Å². The summed E-state index contributed by atoms with van der Waals surface area (Å²) in [5.41, 5.74) is 0. The third-order valence-corrected chi connectivity index (χ3v) is 5.86. The van der Waals surface area contributed by atoms with Crippen molar-refractivity contribution in [2.45, 2.75) is 77.8 Å². The highest BCUT2D eigenvalue weighted by molar-refractivity contribution is 7.87. The van der Waals surface area contributed by atoms with Gasteiger partial charge in [0.15, 0.2) is 0 Å². The summed E-state index contributed by atoms with van der Waals surface area (Å²) in [5.74, 6) is 0. The summed E-state index contributed by atoms with van der Waals surface area (Å²) in [6.07, 6.45) is 6.88. The average molecular weight is 320 g/mol. The Hall–Kier alpha value is -0.170. The van der Waals surface area contributed by atoms with E-state index in [2.05, 4.69) is 23.9 Å². The largest absolute Gasteiger partial charge is 0.315 e. The fourth-order valence-electron chi connectivity index (χ4n) is 2.91. The maximum absolute atomic E-state index is 12.7. The Bertz CT molecular complexity index is 373. The van der Waals surface area contributed by atoms with Gasteiger partial charge in [-0.15, -0.1) is 0 Å². The van der Waals surface area contributed by atoms with Gasteiger partial charge in [-0.1, -0.05) is 33.6 Å². The first kappa shape index (κ1) is 18.9. The Labute approximate surface area is 131 Å². The third kappa shape index (κ3) is 6.22. The number of hydrogen-bond acceptors (Lipinski definition) is 3. The van der Waals surface area contributed by atoms with Gasteiger partial charge in [-0.3, -0.25) is 0 Å². The molecule has 2 unspecified atom stereocenters. The zero-order chi connectivity index (χ0) is 15.7. The van der Waals surface area contributed by atoms with Crippen LogP contribution in [0.2, 0.25) is 0 Å². The molecule has 0 aliphatic carbocycles. The lowest BCUT2D eigenvalue weighted by Crippen LogP contribution is -2.54. The van der Waals surface area contributed by atoms with Crippen LogP contribution >= 0.6 is 0 Å². The second kappa shape index (κ2) is 9.77. The number of nitrogens with one attached hydrogen (secondary N) is 2. The number of rotatable bonds is 10. The first-order valence-electron chi connectivity index (χ1n) is 8.54. The predicted octanol–water partition coefficient (Wildman–Crippen LogP) is 2.25. The lowest BCUT2D eigenvalue weighted by molar-refractivity contribution is 0.241. The van der Waals surface area contributed by atoms with E-state index in [1.165, 1.54) is 0 Å². The van der Waals surface area contributed by atoms with E-state index in [1.54, 1.807) is 4.31 Å². The highest BCUT2D eigenvalue weighted by Gasteiger charge is 2.32. The molecule has 2 N–H and O–H groups in total. The molecule has 2 atom stereocenters. The van der Waals surface area contributed by atoms with Crippen LogP contribution < -0.4 is 10.0 Å². The van der Waals surface area contributed by atoms with Gasteiger partial charge in [-0.2, -0.15) is 17.4 Å². The topological polar surface area (TPSA) is 61.4 Å². The molecule has 0 aromatic rings. The van der Waals surface area contributed by atoms with Crippen molar-refractivity contribution in [2.75, 3.05) is 19.6 Å². The molecule has 6 heteroatoms. The van der Waals surface area contributed by atoms with Gasteiger partial charge in [0.1, 0.15) is 0 Å². The molecular weight excluding hydrogens is 286 g/mol. The SMILES string of the molecule is CCCNCC1CCCCN1S(=O)(=O)NC(CC)CCC. The summed E-state index contributed by atoms with van der Waals surface area (Å²) in [4.78, 5) is 0. The Morgan fingerprint density at radius 1 is 1.19 bits per heavy atom. The minimum absolute atomic E-state index is 0.0613. The molecule has 0 radical (unpaired) electrons. The maximum atomic E-state index is 12.7. The Kier molecular flexibility index (Phi) is 8.78. The standard InChI is InChI=1S/C15H33N3O2S/c1-4-9-14(6-3)17-21(19,20)18-12-8-7-10-15(18)13-16-11-5-2/h14-17H,4-13H2,1-3H3. The van der Waals surface area contributed by atoms with Gasteiger partial charge >= 0.3 is 0 Å². The Morgan fingerprint density at radius 2 is 1.95 bits per heavy atom. The zero-order valence-corrected chi connectivity index (χ0v) is 14.7. The third-order valence-electron chi connectivity index (χ3n) is 4.13. The zero-order valence-electron chi connectivity index (χ0n) is 13.9. The molecule has 0 amide bonds. The molecule has 5 nitrogen and oxygen atoms in total. The number of nitrogens with zero attached hydrogens (tertiary/aromatic N) is 1.